The molecule has 1 aliphatic rings. The van der Waals surface area contributed by atoms with Crippen LogP contribution >= 0.6 is 0 Å². The fraction of sp³-hybridized carbons (Fsp3) is 0.100. The summed E-state index contributed by atoms with van der Waals surface area (Å²) in [6, 6.07) is 33.8. The monoisotopic (exact) mass is 428 g/mol. The first-order valence-electron chi connectivity index (χ1n) is 11.3. The fourth-order valence-corrected chi connectivity index (χ4v) is 5.18. The summed E-state index contributed by atoms with van der Waals surface area (Å²) in [5, 5.41) is 2.54. The van der Waals surface area contributed by atoms with Gasteiger partial charge in [0.1, 0.15) is 6.04 Å². The summed E-state index contributed by atoms with van der Waals surface area (Å²) in [4.78, 5) is 14.2. The average molecular weight is 429 g/mol. The Bertz CT molecular complexity index is 1480. The summed E-state index contributed by atoms with van der Waals surface area (Å²) < 4.78 is 2.24. The van der Waals surface area contributed by atoms with E-state index in [2.05, 4.69) is 96.6 Å². The SMILES string of the molecule is Cc1ccc(-c2ccc(C3c4cccn4Cc4ccccc4N3C=O)cc2)c2ccccc12. The van der Waals surface area contributed by atoms with Crippen LogP contribution in [0.4, 0.5) is 5.69 Å². The molecule has 1 unspecified atom stereocenters. The molecule has 2 heterocycles. The van der Waals surface area contributed by atoms with Crippen molar-refractivity contribution in [3.8, 4) is 11.1 Å². The van der Waals surface area contributed by atoms with Crippen LogP contribution < -0.4 is 4.90 Å². The zero-order chi connectivity index (χ0) is 22.4. The van der Waals surface area contributed by atoms with Gasteiger partial charge in [-0.3, -0.25) is 4.79 Å². The molecule has 1 aliphatic heterocycles. The van der Waals surface area contributed by atoms with Crippen LogP contribution in [0.25, 0.3) is 21.9 Å². The standard InChI is InChI=1S/C30H24N2O/c1-21-12-17-26(27-9-4-3-8-25(21)27)22-13-15-23(16-14-22)30-29-11-6-18-31(29)19-24-7-2-5-10-28(24)32(30)20-33/h2-18,20,30H,19H2,1H3. The van der Waals surface area contributed by atoms with Crippen LogP contribution in [0.5, 0.6) is 0 Å². The van der Waals surface area contributed by atoms with Gasteiger partial charge in [0.2, 0.25) is 6.41 Å². The van der Waals surface area contributed by atoms with Gasteiger partial charge in [0.25, 0.3) is 0 Å². The highest BCUT2D eigenvalue weighted by Gasteiger charge is 2.29. The molecule has 5 aromatic rings. The summed E-state index contributed by atoms with van der Waals surface area (Å²) in [6.07, 6.45) is 3.06. The molecule has 3 nitrogen and oxygen atoms in total. The van der Waals surface area contributed by atoms with Crippen LogP contribution in [0.1, 0.15) is 28.4 Å². The van der Waals surface area contributed by atoms with Gasteiger partial charge in [0.15, 0.2) is 0 Å². The molecule has 0 spiro atoms. The van der Waals surface area contributed by atoms with E-state index in [0.29, 0.717) is 0 Å². The lowest BCUT2D eigenvalue weighted by Crippen LogP contribution is -2.28. The normalized spacial score (nSPS) is 15.1. The second kappa shape index (κ2) is 7.79. The maximum Gasteiger partial charge on any atom is 0.215 e. The Morgan fingerprint density at radius 3 is 2.36 bits per heavy atom. The Kier molecular flexibility index (Phi) is 4.62. The lowest BCUT2D eigenvalue weighted by Gasteiger charge is -2.28. The molecule has 0 saturated heterocycles. The number of amides is 1. The Balaban J connectivity index is 1.47. The van der Waals surface area contributed by atoms with Gasteiger partial charge in [-0.05, 0) is 63.7 Å². The molecule has 0 saturated carbocycles. The Morgan fingerprint density at radius 2 is 1.55 bits per heavy atom. The fourth-order valence-electron chi connectivity index (χ4n) is 5.18. The van der Waals surface area contributed by atoms with Crippen LogP contribution in [0.15, 0.2) is 103 Å². The minimum absolute atomic E-state index is 0.176. The molecule has 0 fully saturated rings. The van der Waals surface area contributed by atoms with Crippen LogP contribution in [-0.4, -0.2) is 11.0 Å². The summed E-state index contributed by atoms with van der Waals surface area (Å²) >= 11 is 0. The minimum atomic E-state index is -0.176. The number of benzene rings is 4. The lowest BCUT2D eigenvalue weighted by molar-refractivity contribution is -0.107. The van der Waals surface area contributed by atoms with Crippen molar-refractivity contribution in [3.05, 3.63) is 126 Å². The van der Waals surface area contributed by atoms with Crippen molar-refractivity contribution in [1.29, 1.82) is 0 Å². The molecule has 0 aliphatic carbocycles. The number of rotatable bonds is 3. The van der Waals surface area contributed by atoms with E-state index in [1.54, 1.807) is 0 Å². The molecule has 33 heavy (non-hydrogen) atoms. The lowest BCUT2D eigenvalue weighted by atomic mass is 9.93. The molecule has 160 valence electrons. The molecular formula is C30H24N2O. The van der Waals surface area contributed by atoms with Gasteiger partial charge in [-0.25, -0.2) is 0 Å². The first-order chi connectivity index (χ1) is 16.2. The van der Waals surface area contributed by atoms with E-state index >= 15 is 0 Å². The smallest absolute Gasteiger partial charge is 0.215 e. The first-order valence-corrected chi connectivity index (χ1v) is 11.3. The van der Waals surface area contributed by atoms with E-state index in [1.807, 2.05) is 23.1 Å². The molecule has 4 aromatic carbocycles. The summed E-state index contributed by atoms with van der Waals surface area (Å²) in [7, 11) is 0. The Labute approximate surface area is 193 Å². The number of anilines is 1. The number of nitrogens with zero attached hydrogens (tertiary/aromatic N) is 2. The molecule has 1 atom stereocenters. The second-order valence-electron chi connectivity index (χ2n) is 8.70. The zero-order valence-electron chi connectivity index (χ0n) is 18.5. The van der Waals surface area contributed by atoms with E-state index < -0.39 is 0 Å². The third kappa shape index (κ3) is 3.16. The van der Waals surface area contributed by atoms with Crippen LogP contribution in [-0.2, 0) is 11.3 Å². The van der Waals surface area contributed by atoms with Gasteiger partial charge in [-0.2, -0.15) is 0 Å². The largest absolute Gasteiger partial charge is 0.345 e. The molecule has 3 heteroatoms. The Hall–Kier alpha value is -4.11. The zero-order valence-corrected chi connectivity index (χ0v) is 18.5. The number of aromatic nitrogens is 1. The predicted molar refractivity (Wildman–Crippen MR) is 134 cm³/mol. The molecule has 0 N–H and O–H groups in total. The van der Waals surface area contributed by atoms with Crippen LogP contribution in [0, 0.1) is 6.92 Å². The number of hydrogen-bond donors (Lipinski definition) is 0. The van der Waals surface area contributed by atoms with Gasteiger partial charge in [0.05, 0.1) is 0 Å². The van der Waals surface area contributed by atoms with Crippen LogP contribution in [0.3, 0.4) is 0 Å². The maximum atomic E-state index is 12.4. The summed E-state index contributed by atoms with van der Waals surface area (Å²) in [5.41, 5.74) is 8.01. The molecule has 6 rings (SSSR count). The highest BCUT2D eigenvalue weighted by molar-refractivity contribution is 5.98. The molecule has 0 radical (unpaired) electrons. The third-order valence-corrected chi connectivity index (χ3v) is 6.83. The van der Waals surface area contributed by atoms with E-state index in [-0.39, 0.29) is 6.04 Å². The van der Waals surface area contributed by atoms with Crippen LogP contribution in [0.2, 0.25) is 0 Å². The topological polar surface area (TPSA) is 25.2 Å². The summed E-state index contributed by atoms with van der Waals surface area (Å²) in [6.45, 7) is 2.91. The van der Waals surface area contributed by atoms with Crippen molar-refractivity contribution in [3.63, 3.8) is 0 Å². The number of aryl methyl sites for hydroxylation is 1. The van der Waals surface area contributed by atoms with E-state index in [0.717, 1.165) is 35.5 Å². The maximum absolute atomic E-state index is 12.4. The second-order valence-corrected chi connectivity index (χ2v) is 8.70. The minimum Gasteiger partial charge on any atom is -0.345 e. The van der Waals surface area contributed by atoms with Gasteiger partial charge < -0.3 is 9.47 Å². The average Bonchev–Trinajstić information content (AvgIpc) is 3.26. The Morgan fingerprint density at radius 1 is 0.788 bits per heavy atom. The van der Waals surface area contributed by atoms with Crippen molar-refractivity contribution in [2.45, 2.75) is 19.5 Å². The number of carbonyl (C=O) groups is 1. The number of hydrogen-bond acceptors (Lipinski definition) is 1. The van der Waals surface area contributed by atoms with Crippen molar-refractivity contribution in [2.24, 2.45) is 0 Å². The van der Waals surface area contributed by atoms with Crippen molar-refractivity contribution in [1.82, 2.24) is 4.57 Å². The van der Waals surface area contributed by atoms with Gasteiger partial charge in [-0.15, -0.1) is 0 Å². The van der Waals surface area contributed by atoms with Gasteiger partial charge in [-0.1, -0.05) is 78.9 Å². The van der Waals surface area contributed by atoms with Gasteiger partial charge in [0, 0.05) is 24.1 Å². The first kappa shape index (κ1) is 19.6. The molecular weight excluding hydrogens is 404 g/mol. The molecule has 1 amide bonds. The summed E-state index contributed by atoms with van der Waals surface area (Å²) in [5.74, 6) is 0. The van der Waals surface area contributed by atoms with Crippen molar-refractivity contribution >= 4 is 22.9 Å². The molecule has 1 aromatic heterocycles. The van der Waals surface area contributed by atoms with E-state index in [9.17, 15) is 4.79 Å². The quantitative estimate of drug-likeness (QED) is 0.293. The molecule has 0 bridgehead atoms. The van der Waals surface area contributed by atoms with E-state index in [1.165, 1.54) is 27.5 Å². The van der Waals surface area contributed by atoms with Gasteiger partial charge >= 0.3 is 0 Å². The third-order valence-electron chi connectivity index (χ3n) is 6.83. The number of fused-ring (bicyclic) bond motifs is 3. The highest BCUT2D eigenvalue weighted by atomic mass is 16.1. The number of carbonyl (C=O) groups excluding carboxylic acids is 1. The highest BCUT2D eigenvalue weighted by Crippen LogP contribution is 2.38. The predicted octanol–water partition coefficient (Wildman–Crippen LogP) is 6.73. The van der Waals surface area contributed by atoms with E-state index in [4.69, 9.17) is 0 Å². The van der Waals surface area contributed by atoms with Crippen molar-refractivity contribution < 1.29 is 4.79 Å². The van der Waals surface area contributed by atoms with Crippen molar-refractivity contribution in [2.75, 3.05) is 4.90 Å². The number of para-hydroxylation sites is 1.